The molecule has 1 heterocycles. The molecule has 1 N–H and O–H groups in total. The van der Waals surface area contributed by atoms with E-state index >= 15 is 0 Å². The molecule has 1 rings (SSSR count). The summed E-state index contributed by atoms with van der Waals surface area (Å²) in [4.78, 5) is 21.4. The van der Waals surface area contributed by atoms with Gasteiger partial charge in [-0.15, -0.1) is 0 Å². The smallest absolute Gasteiger partial charge is 0.307 e. The Morgan fingerprint density at radius 3 is 2.89 bits per heavy atom. The summed E-state index contributed by atoms with van der Waals surface area (Å²) in [6.07, 6.45) is 6.76. The molecule has 0 aromatic carbocycles. The maximum atomic E-state index is 11.5. The van der Waals surface area contributed by atoms with Crippen LogP contribution in [0.5, 0.6) is 0 Å². The highest BCUT2D eigenvalue weighted by atomic mass is 16.6. The molecule has 0 unspecified atom stereocenters. The largest absolute Gasteiger partial charge is 0.354 e. The van der Waals surface area contributed by atoms with Crippen LogP contribution in [0.4, 0.5) is 5.69 Å². The standard InChI is InChI=1S/C11H18N4O3/c1-2-3-4-5-6-12-11(16)9-14-8-10(7-13-14)15(17)18/h7-8H,2-6,9H2,1H3,(H,12,16). The lowest BCUT2D eigenvalue weighted by molar-refractivity contribution is -0.385. The minimum Gasteiger partial charge on any atom is -0.354 e. The molecule has 1 amide bonds. The van der Waals surface area contributed by atoms with Crippen LogP contribution in [-0.4, -0.2) is 27.2 Å². The zero-order valence-corrected chi connectivity index (χ0v) is 10.5. The van der Waals surface area contributed by atoms with Crippen molar-refractivity contribution in [3.63, 3.8) is 0 Å². The fraction of sp³-hybridized carbons (Fsp3) is 0.636. The maximum Gasteiger partial charge on any atom is 0.307 e. The highest BCUT2D eigenvalue weighted by Gasteiger charge is 2.10. The van der Waals surface area contributed by atoms with Gasteiger partial charge in [0.15, 0.2) is 0 Å². The second-order valence-corrected chi connectivity index (χ2v) is 4.06. The van der Waals surface area contributed by atoms with Crippen molar-refractivity contribution in [2.45, 2.75) is 39.2 Å². The molecule has 18 heavy (non-hydrogen) atoms. The number of nitro groups is 1. The molecular weight excluding hydrogens is 236 g/mol. The molecular formula is C11H18N4O3. The van der Waals surface area contributed by atoms with Gasteiger partial charge in [-0.05, 0) is 6.42 Å². The number of carbonyl (C=O) groups excluding carboxylic acids is 1. The molecule has 0 saturated carbocycles. The third-order valence-electron chi connectivity index (χ3n) is 2.49. The Morgan fingerprint density at radius 1 is 1.50 bits per heavy atom. The molecule has 7 heteroatoms. The van der Waals surface area contributed by atoms with Crippen molar-refractivity contribution in [2.75, 3.05) is 6.54 Å². The number of nitrogens with one attached hydrogen (secondary N) is 1. The topological polar surface area (TPSA) is 90.1 Å². The van der Waals surface area contributed by atoms with E-state index in [1.54, 1.807) is 0 Å². The van der Waals surface area contributed by atoms with E-state index in [1.165, 1.54) is 17.3 Å². The summed E-state index contributed by atoms with van der Waals surface area (Å²) in [5.74, 6) is -0.176. The first-order valence-electron chi connectivity index (χ1n) is 6.07. The molecule has 0 aliphatic rings. The van der Waals surface area contributed by atoms with Gasteiger partial charge in [0.05, 0.1) is 4.92 Å². The fourth-order valence-corrected chi connectivity index (χ4v) is 1.52. The lowest BCUT2D eigenvalue weighted by Crippen LogP contribution is -2.28. The minimum absolute atomic E-state index is 0.0155. The molecule has 0 fully saturated rings. The van der Waals surface area contributed by atoms with Gasteiger partial charge in [0.1, 0.15) is 18.9 Å². The van der Waals surface area contributed by atoms with E-state index in [0.717, 1.165) is 25.5 Å². The van der Waals surface area contributed by atoms with Gasteiger partial charge in [-0.1, -0.05) is 26.2 Å². The highest BCUT2D eigenvalue weighted by molar-refractivity contribution is 5.75. The van der Waals surface area contributed by atoms with Crippen molar-refractivity contribution in [2.24, 2.45) is 0 Å². The van der Waals surface area contributed by atoms with Gasteiger partial charge >= 0.3 is 5.69 Å². The molecule has 0 bridgehead atoms. The summed E-state index contributed by atoms with van der Waals surface area (Å²) in [5, 5.41) is 16.9. The van der Waals surface area contributed by atoms with E-state index in [1.807, 2.05) is 0 Å². The Kier molecular flexibility index (Phi) is 5.83. The van der Waals surface area contributed by atoms with E-state index in [2.05, 4.69) is 17.3 Å². The average molecular weight is 254 g/mol. The van der Waals surface area contributed by atoms with Crippen LogP contribution in [0, 0.1) is 10.1 Å². The van der Waals surface area contributed by atoms with Gasteiger partial charge in [0.25, 0.3) is 0 Å². The van der Waals surface area contributed by atoms with E-state index in [4.69, 9.17) is 0 Å². The van der Waals surface area contributed by atoms with Crippen LogP contribution in [0.1, 0.15) is 32.6 Å². The fourth-order valence-electron chi connectivity index (χ4n) is 1.52. The molecule has 0 aliphatic heterocycles. The number of unbranched alkanes of at least 4 members (excludes halogenated alkanes) is 3. The number of aromatic nitrogens is 2. The van der Waals surface area contributed by atoms with E-state index in [0.29, 0.717) is 6.54 Å². The Hall–Kier alpha value is -1.92. The number of amides is 1. The van der Waals surface area contributed by atoms with Gasteiger partial charge in [0, 0.05) is 6.54 Å². The lowest BCUT2D eigenvalue weighted by Gasteiger charge is -2.04. The van der Waals surface area contributed by atoms with Crippen molar-refractivity contribution >= 4 is 11.6 Å². The lowest BCUT2D eigenvalue weighted by atomic mass is 10.2. The van der Waals surface area contributed by atoms with Crippen LogP contribution >= 0.6 is 0 Å². The van der Waals surface area contributed by atoms with Crippen LogP contribution in [0.3, 0.4) is 0 Å². The van der Waals surface area contributed by atoms with Gasteiger partial charge < -0.3 is 5.32 Å². The number of hydrogen-bond donors (Lipinski definition) is 1. The van der Waals surface area contributed by atoms with Gasteiger partial charge in [-0.25, -0.2) is 0 Å². The summed E-state index contributed by atoms with van der Waals surface area (Å²) in [6.45, 7) is 2.78. The highest BCUT2D eigenvalue weighted by Crippen LogP contribution is 2.07. The molecule has 0 atom stereocenters. The molecule has 0 aliphatic carbocycles. The first-order chi connectivity index (χ1) is 8.63. The Morgan fingerprint density at radius 2 is 2.28 bits per heavy atom. The molecule has 1 aromatic heterocycles. The molecule has 1 aromatic rings. The minimum atomic E-state index is -0.536. The van der Waals surface area contributed by atoms with Gasteiger partial charge in [-0.2, -0.15) is 5.10 Å². The molecule has 7 nitrogen and oxygen atoms in total. The number of rotatable bonds is 8. The predicted octanol–water partition coefficient (Wildman–Crippen LogP) is 1.49. The predicted molar refractivity (Wildman–Crippen MR) is 66.0 cm³/mol. The van der Waals surface area contributed by atoms with Gasteiger partial charge in [-0.3, -0.25) is 19.6 Å². The number of hydrogen-bond acceptors (Lipinski definition) is 4. The van der Waals surface area contributed by atoms with Crippen molar-refractivity contribution in [1.29, 1.82) is 0 Å². The summed E-state index contributed by atoms with van der Waals surface area (Å²) < 4.78 is 1.26. The summed E-state index contributed by atoms with van der Waals surface area (Å²) in [7, 11) is 0. The normalized spacial score (nSPS) is 10.3. The third-order valence-corrected chi connectivity index (χ3v) is 2.49. The summed E-state index contributed by atoms with van der Waals surface area (Å²) in [6, 6.07) is 0. The maximum absolute atomic E-state index is 11.5. The number of carbonyl (C=O) groups is 1. The first kappa shape index (κ1) is 14.1. The molecule has 100 valence electrons. The Labute approximate surface area is 105 Å². The average Bonchev–Trinajstić information content (AvgIpc) is 2.77. The van der Waals surface area contributed by atoms with E-state index in [-0.39, 0.29) is 18.1 Å². The monoisotopic (exact) mass is 254 g/mol. The SMILES string of the molecule is CCCCCCNC(=O)Cn1cc([N+](=O)[O-])cn1. The summed E-state index contributed by atoms with van der Waals surface area (Å²) in [5.41, 5.74) is -0.106. The van der Waals surface area contributed by atoms with Crippen molar-refractivity contribution in [1.82, 2.24) is 15.1 Å². The second kappa shape index (κ2) is 7.41. The number of nitrogens with zero attached hydrogens (tertiary/aromatic N) is 3. The van der Waals surface area contributed by atoms with Crippen molar-refractivity contribution in [3.05, 3.63) is 22.5 Å². The van der Waals surface area contributed by atoms with Gasteiger partial charge in [0.2, 0.25) is 5.91 Å². The summed E-state index contributed by atoms with van der Waals surface area (Å²) >= 11 is 0. The van der Waals surface area contributed by atoms with Crippen LogP contribution in [0.25, 0.3) is 0 Å². The van der Waals surface area contributed by atoms with E-state index < -0.39 is 4.92 Å². The quantitative estimate of drug-likeness (QED) is 0.432. The van der Waals surface area contributed by atoms with Crippen LogP contribution in [0.15, 0.2) is 12.4 Å². The zero-order valence-electron chi connectivity index (χ0n) is 10.5. The van der Waals surface area contributed by atoms with Crippen LogP contribution < -0.4 is 5.32 Å². The van der Waals surface area contributed by atoms with Crippen LogP contribution in [0.2, 0.25) is 0 Å². The third kappa shape index (κ3) is 4.94. The second-order valence-electron chi connectivity index (χ2n) is 4.06. The van der Waals surface area contributed by atoms with E-state index in [9.17, 15) is 14.9 Å². The molecule has 0 radical (unpaired) electrons. The molecule has 0 saturated heterocycles. The van der Waals surface area contributed by atoms with Crippen LogP contribution in [-0.2, 0) is 11.3 Å². The first-order valence-corrected chi connectivity index (χ1v) is 6.07. The molecule has 0 spiro atoms. The Bertz CT molecular complexity index is 403. The Balaban J connectivity index is 2.24. The zero-order chi connectivity index (χ0) is 13.4. The van der Waals surface area contributed by atoms with Crippen molar-refractivity contribution < 1.29 is 9.72 Å². The van der Waals surface area contributed by atoms with Crippen molar-refractivity contribution in [3.8, 4) is 0 Å².